The Balaban J connectivity index is 3.25. The number of rotatable bonds is 5. The van der Waals surface area contributed by atoms with Crippen LogP contribution in [-0.2, 0) is 16.5 Å². The van der Waals surface area contributed by atoms with Crippen LogP contribution in [0.2, 0.25) is 5.02 Å². The van der Waals surface area contributed by atoms with Crippen molar-refractivity contribution in [3.05, 3.63) is 28.3 Å². The molecule has 1 N–H and O–H groups in total. The van der Waals surface area contributed by atoms with E-state index in [1.807, 2.05) is 0 Å². The lowest BCUT2D eigenvalue weighted by atomic mass is 10.1. The largest absolute Gasteiger partial charge is 0.481 e. The highest BCUT2D eigenvalue weighted by Crippen LogP contribution is 2.33. The van der Waals surface area contributed by atoms with Crippen LogP contribution in [0.3, 0.4) is 0 Å². The van der Waals surface area contributed by atoms with Crippen LogP contribution in [0.25, 0.3) is 0 Å². The zero-order valence-corrected chi connectivity index (χ0v) is 10.8. The van der Waals surface area contributed by atoms with E-state index in [2.05, 4.69) is 20.7 Å². The summed E-state index contributed by atoms with van der Waals surface area (Å²) in [7, 11) is 0. The summed E-state index contributed by atoms with van der Waals surface area (Å²) in [5, 5.41) is 9.05. The minimum Gasteiger partial charge on any atom is -0.481 e. The standard InChI is InChI=1S/C10H8BrClF2O3/c11-4-5-1-2-7(12)6(3-8(15)16)9(5)17-10(13)14/h1-2,10H,3-4H2,(H,15,16). The molecule has 0 aromatic heterocycles. The Bertz CT molecular complexity index is 426. The molecule has 0 spiro atoms. The van der Waals surface area contributed by atoms with Crippen molar-refractivity contribution in [3.8, 4) is 5.75 Å². The highest BCUT2D eigenvalue weighted by molar-refractivity contribution is 9.08. The van der Waals surface area contributed by atoms with Gasteiger partial charge in [-0.1, -0.05) is 33.6 Å². The average Bonchev–Trinajstić information content (AvgIpc) is 2.22. The third-order valence-electron chi connectivity index (χ3n) is 1.96. The first-order chi connectivity index (χ1) is 7.95. The molecule has 0 radical (unpaired) electrons. The van der Waals surface area contributed by atoms with Gasteiger partial charge in [0.1, 0.15) is 5.75 Å². The van der Waals surface area contributed by atoms with Gasteiger partial charge in [0.15, 0.2) is 0 Å². The Kier molecular flexibility index (Phi) is 5.14. The minimum absolute atomic E-state index is 0.0522. The molecule has 17 heavy (non-hydrogen) atoms. The second kappa shape index (κ2) is 6.16. The molecule has 7 heteroatoms. The molecule has 0 saturated heterocycles. The highest BCUT2D eigenvalue weighted by Gasteiger charge is 2.19. The van der Waals surface area contributed by atoms with E-state index in [-0.39, 0.29) is 21.7 Å². The first kappa shape index (κ1) is 14.2. The lowest BCUT2D eigenvalue weighted by molar-refractivity contribution is -0.136. The number of halogens is 4. The summed E-state index contributed by atoms with van der Waals surface area (Å²) in [6.07, 6.45) is -0.471. The summed E-state index contributed by atoms with van der Waals surface area (Å²) in [5.74, 6) is -1.34. The van der Waals surface area contributed by atoms with Crippen LogP contribution in [0.5, 0.6) is 5.75 Å². The molecular weight excluding hydrogens is 321 g/mol. The summed E-state index contributed by atoms with van der Waals surface area (Å²) in [4.78, 5) is 10.6. The van der Waals surface area contributed by atoms with Gasteiger partial charge in [0.2, 0.25) is 0 Å². The van der Waals surface area contributed by atoms with E-state index < -0.39 is 19.0 Å². The molecule has 1 rings (SSSR count). The third-order valence-corrected chi connectivity index (χ3v) is 2.92. The monoisotopic (exact) mass is 328 g/mol. The quantitative estimate of drug-likeness (QED) is 0.842. The normalized spacial score (nSPS) is 10.6. The second-order valence-electron chi connectivity index (χ2n) is 3.10. The molecule has 0 aliphatic carbocycles. The van der Waals surface area contributed by atoms with Crippen LogP contribution in [-0.4, -0.2) is 17.7 Å². The highest BCUT2D eigenvalue weighted by atomic mass is 79.9. The Hall–Kier alpha value is -0.880. The second-order valence-corrected chi connectivity index (χ2v) is 4.06. The molecule has 0 bridgehead atoms. The van der Waals surface area contributed by atoms with E-state index in [0.717, 1.165) is 0 Å². The minimum atomic E-state index is -3.03. The van der Waals surface area contributed by atoms with Gasteiger partial charge in [-0.25, -0.2) is 0 Å². The Morgan fingerprint density at radius 3 is 2.65 bits per heavy atom. The first-order valence-electron chi connectivity index (χ1n) is 4.48. The summed E-state index contributed by atoms with van der Waals surface area (Å²) in [6.45, 7) is -3.03. The fourth-order valence-electron chi connectivity index (χ4n) is 1.31. The Morgan fingerprint density at radius 2 is 2.18 bits per heavy atom. The summed E-state index contributed by atoms with van der Waals surface area (Å²) in [6, 6.07) is 2.95. The molecule has 0 aliphatic heterocycles. The van der Waals surface area contributed by atoms with Gasteiger partial charge in [-0.05, 0) is 6.07 Å². The van der Waals surface area contributed by atoms with Gasteiger partial charge in [0.05, 0.1) is 6.42 Å². The fraction of sp³-hybridized carbons (Fsp3) is 0.300. The summed E-state index contributed by atoms with van der Waals surface area (Å²) in [5.41, 5.74) is 0.474. The maximum Gasteiger partial charge on any atom is 0.387 e. The van der Waals surface area contributed by atoms with E-state index in [1.54, 1.807) is 0 Å². The van der Waals surface area contributed by atoms with Crippen LogP contribution in [0.1, 0.15) is 11.1 Å². The van der Waals surface area contributed by atoms with Crippen molar-refractivity contribution in [1.82, 2.24) is 0 Å². The zero-order valence-electron chi connectivity index (χ0n) is 8.42. The van der Waals surface area contributed by atoms with Crippen molar-refractivity contribution in [2.45, 2.75) is 18.4 Å². The molecule has 94 valence electrons. The van der Waals surface area contributed by atoms with Crippen molar-refractivity contribution < 1.29 is 23.4 Å². The number of aliphatic carboxylic acids is 1. The molecule has 0 fully saturated rings. The van der Waals surface area contributed by atoms with Crippen molar-refractivity contribution in [2.24, 2.45) is 0 Å². The van der Waals surface area contributed by atoms with Gasteiger partial charge in [-0.2, -0.15) is 8.78 Å². The molecule has 3 nitrogen and oxygen atoms in total. The topological polar surface area (TPSA) is 46.5 Å². The molecule has 0 aliphatic rings. The van der Waals surface area contributed by atoms with Crippen molar-refractivity contribution in [2.75, 3.05) is 0 Å². The van der Waals surface area contributed by atoms with Crippen molar-refractivity contribution >= 4 is 33.5 Å². The van der Waals surface area contributed by atoms with Crippen LogP contribution < -0.4 is 4.74 Å². The van der Waals surface area contributed by atoms with Gasteiger partial charge >= 0.3 is 12.6 Å². The summed E-state index contributed by atoms with van der Waals surface area (Å²) < 4.78 is 28.9. The van der Waals surface area contributed by atoms with Crippen LogP contribution in [0, 0.1) is 0 Å². The van der Waals surface area contributed by atoms with Crippen molar-refractivity contribution in [3.63, 3.8) is 0 Å². The van der Waals surface area contributed by atoms with Gasteiger partial charge in [-0.15, -0.1) is 0 Å². The van der Waals surface area contributed by atoms with Gasteiger partial charge in [0, 0.05) is 21.5 Å². The fourth-order valence-corrected chi connectivity index (χ4v) is 1.97. The predicted molar refractivity (Wildman–Crippen MR) is 62.1 cm³/mol. The van der Waals surface area contributed by atoms with E-state index in [1.165, 1.54) is 12.1 Å². The number of carboxylic acids is 1. The lowest BCUT2D eigenvalue weighted by Crippen LogP contribution is -2.10. The molecule has 0 atom stereocenters. The lowest BCUT2D eigenvalue weighted by Gasteiger charge is -2.14. The van der Waals surface area contributed by atoms with Gasteiger partial charge in [0.25, 0.3) is 0 Å². The number of benzene rings is 1. The van der Waals surface area contributed by atoms with E-state index in [0.29, 0.717) is 5.56 Å². The number of hydrogen-bond acceptors (Lipinski definition) is 2. The number of carbonyl (C=O) groups is 1. The average molecular weight is 330 g/mol. The molecular formula is C10H8BrClF2O3. The SMILES string of the molecule is O=C(O)Cc1c(Cl)ccc(CBr)c1OC(F)F. The van der Waals surface area contributed by atoms with Crippen LogP contribution >= 0.6 is 27.5 Å². The molecule has 0 saturated carbocycles. The molecule has 0 amide bonds. The maximum atomic E-state index is 12.3. The zero-order chi connectivity index (χ0) is 13.0. The smallest absolute Gasteiger partial charge is 0.387 e. The number of hydrogen-bond donors (Lipinski definition) is 1. The molecule has 1 aromatic carbocycles. The van der Waals surface area contributed by atoms with E-state index >= 15 is 0 Å². The molecule has 1 aromatic rings. The third kappa shape index (κ3) is 3.81. The Morgan fingerprint density at radius 1 is 1.53 bits per heavy atom. The number of alkyl halides is 3. The van der Waals surface area contributed by atoms with Crippen LogP contribution in [0.4, 0.5) is 8.78 Å². The van der Waals surface area contributed by atoms with Gasteiger partial charge in [-0.3, -0.25) is 4.79 Å². The number of carboxylic acid groups (broad SMARTS) is 1. The summed E-state index contributed by atoms with van der Waals surface area (Å²) >= 11 is 8.89. The predicted octanol–water partition coefficient (Wildman–Crippen LogP) is 3.46. The molecule has 0 unspecified atom stereocenters. The van der Waals surface area contributed by atoms with E-state index in [4.69, 9.17) is 16.7 Å². The Labute approximate surface area is 109 Å². The van der Waals surface area contributed by atoms with Crippen molar-refractivity contribution in [1.29, 1.82) is 0 Å². The number of ether oxygens (including phenoxy) is 1. The first-order valence-corrected chi connectivity index (χ1v) is 5.98. The maximum absolute atomic E-state index is 12.3. The van der Waals surface area contributed by atoms with E-state index in [9.17, 15) is 13.6 Å². The van der Waals surface area contributed by atoms with Crippen LogP contribution in [0.15, 0.2) is 12.1 Å². The molecule has 0 heterocycles. The van der Waals surface area contributed by atoms with Gasteiger partial charge < -0.3 is 9.84 Å².